The second kappa shape index (κ2) is 7.10. The maximum absolute atomic E-state index is 4.47. The summed E-state index contributed by atoms with van der Waals surface area (Å²) in [4.78, 5) is 13.4. The molecular formula is C14H22IN5. The first kappa shape index (κ1) is 15.3. The lowest BCUT2D eigenvalue weighted by atomic mass is 10.2. The molecule has 1 aromatic heterocycles. The van der Waals surface area contributed by atoms with Gasteiger partial charge in [0.15, 0.2) is 5.96 Å². The number of nitrogens with zero attached hydrogens (tertiary/aromatic N) is 4. The van der Waals surface area contributed by atoms with Crippen molar-refractivity contribution in [2.24, 2.45) is 4.99 Å². The van der Waals surface area contributed by atoms with Gasteiger partial charge in [-0.2, -0.15) is 0 Å². The smallest absolute Gasteiger partial charge is 0.194 e. The van der Waals surface area contributed by atoms with Gasteiger partial charge in [-0.3, -0.25) is 4.99 Å². The first-order chi connectivity index (χ1) is 9.33. The highest BCUT2D eigenvalue weighted by Crippen LogP contribution is 2.18. The number of halogens is 1. The second-order valence-corrected chi connectivity index (χ2v) is 5.20. The third-order valence-corrected chi connectivity index (χ3v) is 3.75. The molecule has 2 aliphatic heterocycles. The van der Waals surface area contributed by atoms with Crippen LogP contribution in [0, 0.1) is 0 Å². The Hall–Kier alpha value is -1.05. The fourth-order valence-electron chi connectivity index (χ4n) is 2.59. The van der Waals surface area contributed by atoms with Gasteiger partial charge in [0, 0.05) is 39.4 Å². The van der Waals surface area contributed by atoms with E-state index in [2.05, 4.69) is 44.3 Å². The third kappa shape index (κ3) is 3.53. The predicted octanol–water partition coefficient (Wildman–Crippen LogP) is 1.69. The zero-order valence-electron chi connectivity index (χ0n) is 11.9. The van der Waals surface area contributed by atoms with E-state index < -0.39 is 0 Å². The fourth-order valence-corrected chi connectivity index (χ4v) is 2.59. The molecule has 0 radical (unpaired) electrons. The first-order valence-electron chi connectivity index (χ1n) is 7.02. The highest BCUT2D eigenvalue weighted by Gasteiger charge is 2.14. The monoisotopic (exact) mass is 387 g/mol. The van der Waals surface area contributed by atoms with Gasteiger partial charge in [-0.25, -0.2) is 4.98 Å². The minimum Gasteiger partial charge on any atom is -0.357 e. The topological polar surface area (TPSA) is 43.8 Å². The number of nitrogens with one attached hydrogen (secondary N) is 1. The maximum Gasteiger partial charge on any atom is 0.194 e. The van der Waals surface area contributed by atoms with Crippen molar-refractivity contribution in [1.29, 1.82) is 0 Å². The average molecular weight is 387 g/mol. The Morgan fingerprint density at radius 1 is 1.25 bits per heavy atom. The van der Waals surface area contributed by atoms with Gasteiger partial charge in [0.25, 0.3) is 0 Å². The van der Waals surface area contributed by atoms with Gasteiger partial charge >= 0.3 is 0 Å². The number of aliphatic imine (C=N–C) groups is 1. The molecule has 1 N–H and O–H groups in total. The number of anilines is 1. The van der Waals surface area contributed by atoms with Crippen LogP contribution in [-0.4, -0.2) is 49.1 Å². The van der Waals surface area contributed by atoms with E-state index in [1.54, 1.807) is 0 Å². The quantitative estimate of drug-likeness (QED) is 0.802. The molecule has 1 fully saturated rings. The highest BCUT2D eigenvalue weighted by molar-refractivity contribution is 14.0. The van der Waals surface area contributed by atoms with E-state index in [1.165, 1.54) is 18.4 Å². The van der Waals surface area contributed by atoms with Crippen molar-refractivity contribution in [1.82, 2.24) is 15.2 Å². The molecule has 3 heterocycles. The summed E-state index contributed by atoms with van der Waals surface area (Å²) in [6.07, 6.45) is 4.47. The number of likely N-dealkylation sites (N-methyl/N-ethyl adjacent to an activating group) is 1. The van der Waals surface area contributed by atoms with Crippen LogP contribution < -0.4 is 10.2 Å². The van der Waals surface area contributed by atoms with Gasteiger partial charge in [0.1, 0.15) is 5.82 Å². The Balaban J connectivity index is 0.00000147. The summed E-state index contributed by atoms with van der Waals surface area (Å²) < 4.78 is 0. The van der Waals surface area contributed by atoms with Gasteiger partial charge < -0.3 is 15.1 Å². The molecule has 1 saturated heterocycles. The van der Waals surface area contributed by atoms with E-state index in [-0.39, 0.29) is 24.0 Å². The summed E-state index contributed by atoms with van der Waals surface area (Å²) in [7, 11) is 2.07. The van der Waals surface area contributed by atoms with Crippen molar-refractivity contribution in [3.63, 3.8) is 0 Å². The number of hydrogen-bond acceptors (Lipinski definition) is 5. The van der Waals surface area contributed by atoms with Crippen LogP contribution in [0.5, 0.6) is 0 Å². The van der Waals surface area contributed by atoms with Crippen LogP contribution in [0.15, 0.2) is 23.3 Å². The number of hydrogen-bond donors (Lipinski definition) is 1. The number of pyridine rings is 1. The summed E-state index contributed by atoms with van der Waals surface area (Å²) in [5, 5.41) is 3.40. The molecule has 0 aromatic carbocycles. The van der Waals surface area contributed by atoms with E-state index in [4.69, 9.17) is 0 Å². The van der Waals surface area contributed by atoms with E-state index in [9.17, 15) is 0 Å². The first-order valence-corrected chi connectivity index (χ1v) is 7.02. The number of rotatable bonds is 3. The second-order valence-electron chi connectivity index (χ2n) is 5.20. The molecule has 0 unspecified atom stereocenters. The molecule has 0 amide bonds. The molecule has 3 rings (SSSR count). The average Bonchev–Trinajstić information content (AvgIpc) is 3.08. The molecule has 0 atom stereocenters. The van der Waals surface area contributed by atoms with Crippen molar-refractivity contribution in [2.45, 2.75) is 19.4 Å². The lowest BCUT2D eigenvalue weighted by Gasteiger charge is -2.18. The van der Waals surface area contributed by atoms with Crippen LogP contribution in [0.3, 0.4) is 0 Å². The van der Waals surface area contributed by atoms with E-state index in [1.807, 2.05) is 6.20 Å². The van der Waals surface area contributed by atoms with Crippen LogP contribution in [0.25, 0.3) is 0 Å². The zero-order valence-corrected chi connectivity index (χ0v) is 14.2. The predicted molar refractivity (Wildman–Crippen MR) is 92.9 cm³/mol. The largest absolute Gasteiger partial charge is 0.357 e. The summed E-state index contributed by atoms with van der Waals surface area (Å²) in [6.45, 7) is 5.00. The molecule has 0 saturated carbocycles. The van der Waals surface area contributed by atoms with Crippen molar-refractivity contribution >= 4 is 35.8 Å². The zero-order chi connectivity index (χ0) is 13.1. The van der Waals surface area contributed by atoms with Crippen molar-refractivity contribution in [2.75, 3.05) is 38.1 Å². The Bertz CT molecular complexity index is 470. The molecule has 6 heteroatoms. The molecular weight excluding hydrogens is 365 g/mol. The molecule has 20 heavy (non-hydrogen) atoms. The van der Waals surface area contributed by atoms with Crippen LogP contribution in [-0.2, 0) is 6.54 Å². The normalized spacial score (nSPS) is 17.9. The molecule has 0 aliphatic carbocycles. The third-order valence-electron chi connectivity index (χ3n) is 3.75. The van der Waals surface area contributed by atoms with Crippen LogP contribution in [0.4, 0.5) is 5.82 Å². The summed E-state index contributed by atoms with van der Waals surface area (Å²) in [6, 6.07) is 4.26. The summed E-state index contributed by atoms with van der Waals surface area (Å²) >= 11 is 0. The molecule has 110 valence electrons. The Morgan fingerprint density at radius 2 is 2.05 bits per heavy atom. The number of aromatic nitrogens is 1. The lowest BCUT2D eigenvalue weighted by molar-refractivity contribution is 0.534. The van der Waals surface area contributed by atoms with Gasteiger partial charge in [0.2, 0.25) is 0 Å². The van der Waals surface area contributed by atoms with Crippen molar-refractivity contribution in [3.8, 4) is 0 Å². The summed E-state index contributed by atoms with van der Waals surface area (Å²) in [5.74, 6) is 2.11. The molecule has 2 aliphatic rings. The Morgan fingerprint density at radius 3 is 2.75 bits per heavy atom. The number of guanidine groups is 1. The summed E-state index contributed by atoms with van der Waals surface area (Å²) in [5.41, 5.74) is 1.26. The molecule has 1 aromatic rings. The molecule has 0 spiro atoms. The van der Waals surface area contributed by atoms with Gasteiger partial charge in [-0.05, 0) is 30.5 Å². The van der Waals surface area contributed by atoms with E-state index in [0.717, 1.165) is 44.5 Å². The standard InChI is InChI=1S/C14H21N5.HI/c1-18-9-6-16-14(18)17-11-12-4-5-15-13(10-12)19-7-2-3-8-19;/h4-5,10H,2-3,6-9,11H2,1H3,(H,16,17);1H. The Labute approximate surface area is 137 Å². The van der Waals surface area contributed by atoms with Crippen LogP contribution in [0.1, 0.15) is 18.4 Å². The lowest BCUT2D eigenvalue weighted by Crippen LogP contribution is -2.35. The van der Waals surface area contributed by atoms with Gasteiger partial charge in [0.05, 0.1) is 6.54 Å². The molecule has 5 nitrogen and oxygen atoms in total. The molecule has 0 bridgehead atoms. The van der Waals surface area contributed by atoms with Crippen molar-refractivity contribution < 1.29 is 0 Å². The fraction of sp³-hybridized carbons (Fsp3) is 0.571. The van der Waals surface area contributed by atoms with Gasteiger partial charge in [-0.15, -0.1) is 24.0 Å². The van der Waals surface area contributed by atoms with E-state index >= 15 is 0 Å². The van der Waals surface area contributed by atoms with Crippen LogP contribution in [0.2, 0.25) is 0 Å². The van der Waals surface area contributed by atoms with Gasteiger partial charge in [-0.1, -0.05) is 0 Å². The minimum absolute atomic E-state index is 0. The SMILES string of the molecule is CN1CCN=C1NCc1ccnc(N2CCCC2)c1.I. The van der Waals surface area contributed by atoms with Crippen LogP contribution >= 0.6 is 24.0 Å². The van der Waals surface area contributed by atoms with E-state index in [0.29, 0.717) is 0 Å². The highest BCUT2D eigenvalue weighted by atomic mass is 127. The van der Waals surface area contributed by atoms with Crippen molar-refractivity contribution in [3.05, 3.63) is 23.9 Å². The Kier molecular flexibility index (Phi) is 5.45. The maximum atomic E-state index is 4.47. The minimum atomic E-state index is 0.